The fourth-order valence-corrected chi connectivity index (χ4v) is 8.68. The standard InChI is InChI=1S/C47H43NO/c1-45(2)24-25-46(3,4)42-29-44-38(28-41(42)45)37-26-33(21-23-43(37)49-44)48(32-18-16-31(17-19-32)30-12-8-7-9-13-30)34-20-22-36-35-14-10-11-15-39(35)47(5,6)40(36)27-34/h7-23,26-29H,24-25H2,1-6H3. The molecule has 0 saturated heterocycles. The van der Waals surface area contributed by atoms with Gasteiger partial charge >= 0.3 is 0 Å². The monoisotopic (exact) mass is 637 g/mol. The fourth-order valence-electron chi connectivity index (χ4n) is 8.68. The van der Waals surface area contributed by atoms with Crippen molar-refractivity contribution in [1.29, 1.82) is 0 Å². The normalized spacial score (nSPS) is 16.7. The van der Waals surface area contributed by atoms with Gasteiger partial charge in [0.05, 0.1) is 0 Å². The van der Waals surface area contributed by atoms with E-state index in [0.717, 1.165) is 33.6 Å². The molecule has 7 aromatic rings. The molecule has 0 saturated carbocycles. The number of fused-ring (bicyclic) bond motifs is 7. The molecule has 242 valence electrons. The molecule has 2 nitrogen and oxygen atoms in total. The summed E-state index contributed by atoms with van der Waals surface area (Å²) < 4.78 is 6.60. The van der Waals surface area contributed by atoms with Gasteiger partial charge in [0, 0.05) is 33.2 Å². The molecule has 0 amide bonds. The average Bonchev–Trinajstić information content (AvgIpc) is 3.58. The summed E-state index contributed by atoms with van der Waals surface area (Å²) in [6.45, 7) is 14.3. The molecule has 0 N–H and O–H groups in total. The second-order valence-electron chi connectivity index (χ2n) is 16.1. The number of nitrogens with zero attached hydrogens (tertiary/aromatic N) is 1. The van der Waals surface area contributed by atoms with Gasteiger partial charge in [0.15, 0.2) is 0 Å². The summed E-state index contributed by atoms with van der Waals surface area (Å²) in [6, 6.07) is 47.0. The van der Waals surface area contributed by atoms with E-state index in [1.165, 1.54) is 62.7 Å². The Hall–Kier alpha value is -5.08. The second-order valence-corrected chi connectivity index (χ2v) is 16.1. The molecule has 0 fully saturated rings. The van der Waals surface area contributed by atoms with E-state index >= 15 is 0 Å². The van der Waals surface area contributed by atoms with Crippen molar-refractivity contribution >= 4 is 39.0 Å². The van der Waals surface area contributed by atoms with Gasteiger partial charge in [-0.25, -0.2) is 0 Å². The average molecular weight is 638 g/mol. The molecule has 49 heavy (non-hydrogen) atoms. The van der Waals surface area contributed by atoms with Crippen molar-refractivity contribution in [3.63, 3.8) is 0 Å². The summed E-state index contributed by atoms with van der Waals surface area (Å²) in [7, 11) is 0. The van der Waals surface area contributed by atoms with Crippen molar-refractivity contribution in [3.05, 3.63) is 150 Å². The third-order valence-corrected chi connectivity index (χ3v) is 11.7. The Morgan fingerprint density at radius 1 is 0.449 bits per heavy atom. The van der Waals surface area contributed by atoms with Crippen LogP contribution in [0.1, 0.15) is 76.6 Å². The number of rotatable bonds is 4. The maximum Gasteiger partial charge on any atom is 0.135 e. The maximum atomic E-state index is 6.60. The van der Waals surface area contributed by atoms with Crippen LogP contribution in [0.4, 0.5) is 17.1 Å². The molecule has 0 bridgehead atoms. The van der Waals surface area contributed by atoms with Crippen LogP contribution in [-0.2, 0) is 16.2 Å². The van der Waals surface area contributed by atoms with Crippen molar-refractivity contribution in [2.45, 2.75) is 70.6 Å². The smallest absolute Gasteiger partial charge is 0.135 e. The van der Waals surface area contributed by atoms with Gasteiger partial charge in [-0.1, -0.05) is 114 Å². The lowest BCUT2D eigenvalue weighted by molar-refractivity contribution is 0.332. The first-order valence-corrected chi connectivity index (χ1v) is 17.7. The Bertz CT molecular complexity index is 2410. The first kappa shape index (κ1) is 30.0. The van der Waals surface area contributed by atoms with Crippen LogP contribution in [0.25, 0.3) is 44.2 Å². The lowest BCUT2D eigenvalue weighted by Gasteiger charge is -2.41. The Morgan fingerprint density at radius 3 is 1.78 bits per heavy atom. The zero-order chi connectivity index (χ0) is 33.7. The Balaban J connectivity index is 1.23. The van der Waals surface area contributed by atoms with Crippen molar-refractivity contribution < 1.29 is 4.42 Å². The van der Waals surface area contributed by atoms with Gasteiger partial charge in [0.25, 0.3) is 0 Å². The molecule has 6 aromatic carbocycles. The van der Waals surface area contributed by atoms with Crippen LogP contribution in [0, 0.1) is 0 Å². The van der Waals surface area contributed by atoms with Crippen LogP contribution in [0.15, 0.2) is 132 Å². The van der Waals surface area contributed by atoms with E-state index in [1.54, 1.807) is 0 Å². The highest BCUT2D eigenvalue weighted by Gasteiger charge is 2.38. The molecule has 0 radical (unpaired) electrons. The second kappa shape index (κ2) is 10.5. The maximum absolute atomic E-state index is 6.60. The van der Waals surface area contributed by atoms with E-state index in [9.17, 15) is 0 Å². The minimum Gasteiger partial charge on any atom is -0.456 e. The molecule has 1 aromatic heterocycles. The molecule has 2 aliphatic carbocycles. The van der Waals surface area contributed by atoms with E-state index in [0.29, 0.717) is 0 Å². The van der Waals surface area contributed by atoms with Crippen LogP contribution < -0.4 is 4.90 Å². The summed E-state index contributed by atoms with van der Waals surface area (Å²) in [4.78, 5) is 2.41. The summed E-state index contributed by atoms with van der Waals surface area (Å²) in [5.74, 6) is 0. The van der Waals surface area contributed by atoms with Gasteiger partial charge in [-0.05, 0) is 123 Å². The van der Waals surface area contributed by atoms with E-state index < -0.39 is 0 Å². The molecule has 0 aliphatic heterocycles. The van der Waals surface area contributed by atoms with Crippen molar-refractivity contribution in [2.75, 3.05) is 4.90 Å². The number of hydrogen-bond acceptors (Lipinski definition) is 2. The first-order valence-electron chi connectivity index (χ1n) is 17.7. The van der Waals surface area contributed by atoms with Crippen LogP contribution >= 0.6 is 0 Å². The van der Waals surface area contributed by atoms with E-state index in [4.69, 9.17) is 4.42 Å². The zero-order valence-electron chi connectivity index (χ0n) is 29.4. The summed E-state index contributed by atoms with van der Waals surface area (Å²) >= 11 is 0. The third-order valence-electron chi connectivity index (χ3n) is 11.7. The van der Waals surface area contributed by atoms with Crippen LogP contribution in [-0.4, -0.2) is 0 Å². The Morgan fingerprint density at radius 2 is 1.02 bits per heavy atom. The summed E-state index contributed by atoms with van der Waals surface area (Å²) in [5.41, 5.74) is 16.2. The predicted molar refractivity (Wildman–Crippen MR) is 207 cm³/mol. The highest BCUT2D eigenvalue weighted by atomic mass is 16.3. The van der Waals surface area contributed by atoms with E-state index in [-0.39, 0.29) is 16.2 Å². The van der Waals surface area contributed by atoms with Crippen molar-refractivity contribution in [1.82, 2.24) is 0 Å². The van der Waals surface area contributed by atoms with Gasteiger partial charge < -0.3 is 9.32 Å². The minimum absolute atomic E-state index is 0.0881. The van der Waals surface area contributed by atoms with Crippen LogP contribution in [0.5, 0.6) is 0 Å². The number of furan rings is 1. The molecule has 0 atom stereocenters. The van der Waals surface area contributed by atoms with Crippen molar-refractivity contribution in [2.24, 2.45) is 0 Å². The van der Waals surface area contributed by atoms with Gasteiger partial charge in [0.2, 0.25) is 0 Å². The lowest BCUT2D eigenvalue weighted by atomic mass is 9.63. The Labute approximate surface area is 290 Å². The zero-order valence-corrected chi connectivity index (χ0v) is 29.4. The summed E-state index contributed by atoms with van der Waals surface area (Å²) in [6.07, 6.45) is 2.37. The third kappa shape index (κ3) is 4.61. The van der Waals surface area contributed by atoms with E-state index in [1.807, 2.05) is 0 Å². The first-order chi connectivity index (χ1) is 23.5. The number of anilines is 3. The highest BCUT2D eigenvalue weighted by molar-refractivity contribution is 6.07. The lowest BCUT2D eigenvalue weighted by Crippen LogP contribution is -2.33. The molecule has 0 unspecified atom stereocenters. The van der Waals surface area contributed by atoms with Gasteiger partial charge in [-0.2, -0.15) is 0 Å². The molecule has 1 heterocycles. The molecule has 0 spiro atoms. The number of hydrogen-bond donors (Lipinski definition) is 0. The van der Waals surface area contributed by atoms with E-state index in [2.05, 4.69) is 174 Å². The van der Waals surface area contributed by atoms with Gasteiger partial charge in [0.1, 0.15) is 11.2 Å². The molecular formula is C47H43NO. The predicted octanol–water partition coefficient (Wildman–Crippen LogP) is 13.4. The van der Waals surface area contributed by atoms with Gasteiger partial charge in [-0.3, -0.25) is 0 Å². The van der Waals surface area contributed by atoms with Crippen LogP contribution in [0.2, 0.25) is 0 Å². The highest BCUT2D eigenvalue weighted by Crippen LogP contribution is 2.52. The largest absolute Gasteiger partial charge is 0.456 e. The fraction of sp³-hybridized carbons (Fsp3) is 0.234. The topological polar surface area (TPSA) is 16.4 Å². The molecule has 9 rings (SSSR count). The SMILES string of the molecule is CC1(C)CCC(C)(C)c2cc3c(cc21)oc1ccc(N(c2ccc(-c4ccccc4)cc2)c2ccc4c(c2)C(C)(C)c2ccccc2-4)cc13. The van der Waals surface area contributed by atoms with Crippen molar-refractivity contribution in [3.8, 4) is 22.3 Å². The molecule has 2 aliphatic rings. The number of benzene rings is 6. The quantitative estimate of drug-likeness (QED) is 0.191. The molecule has 2 heteroatoms. The summed E-state index contributed by atoms with van der Waals surface area (Å²) in [5, 5.41) is 2.36. The van der Waals surface area contributed by atoms with Crippen LogP contribution in [0.3, 0.4) is 0 Å². The van der Waals surface area contributed by atoms with Gasteiger partial charge in [-0.15, -0.1) is 0 Å². The molecular weight excluding hydrogens is 595 g/mol. The Kier molecular flexibility index (Phi) is 6.41. The minimum atomic E-state index is -0.0881.